The van der Waals surface area contributed by atoms with Crippen molar-refractivity contribution >= 4 is 18.1 Å². The fourth-order valence-electron chi connectivity index (χ4n) is 3.28. The number of carbonyl (C=O) groups is 2. The molecular formula is C19H31N5O4. The summed E-state index contributed by atoms with van der Waals surface area (Å²) in [4.78, 5) is 41.9. The second kappa shape index (κ2) is 10.1. The van der Waals surface area contributed by atoms with Crippen LogP contribution in [0, 0.1) is 12.8 Å². The number of H-pyrrole nitrogens is 1. The summed E-state index contributed by atoms with van der Waals surface area (Å²) in [5, 5.41) is 8.38. The molecule has 1 aliphatic carbocycles. The molecule has 0 saturated heterocycles. The van der Waals surface area contributed by atoms with Crippen LogP contribution in [0.25, 0.3) is 0 Å². The zero-order valence-corrected chi connectivity index (χ0v) is 16.9. The minimum absolute atomic E-state index is 0.130. The molecule has 156 valence electrons. The van der Waals surface area contributed by atoms with Gasteiger partial charge in [0.2, 0.25) is 5.95 Å². The largest absolute Gasteiger partial charge is 0.450 e. The van der Waals surface area contributed by atoms with Gasteiger partial charge >= 0.3 is 12.1 Å². The monoisotopic (exact) mass is 393 g/mol. The Hall–Kier alpha value is -2.58. The number of nitrogens with one attached hydrogen (secondary N) is 4. The van der Waals surface area contributed by atoms with Crippen molar-refractivity contribution in [3.63, 3.8) is 0 Å². The molecule has 28 heavy (non-hydrogen) atoms. The molecule has 1 heterocycles. The number of alkyl carbamates (subject to hydrolysis) is 1. The van der Waals surface area contributed by atoms with Crippen LogP contribution in [0.2, 0.25) is 0 Å². The van der Waals surface area contributed by atoms with Crippen molar-refractivity contribution in [1.82, 2.24) is 20.6 Å². The highest BCUT2D eigenvalue weighted by Crippen LogP contribution is 2.31. The molecule has 1 aliphatic rings. The summed E-state index contributed by atoms with van der Waals surface area (Å²) in [5.74, 6) is 0.497. The Bertz CT molecular complexity index is 725. The third-order valence-electron chi connectivity index (χ3n) is 4.99. The number of urea groups is 1. The SMILES string of the molecule is CCCCOC(=O)NCC1CCC(C)(NC(=O)Nc2nc(C)cc(=O)[nH]2)CC1. The van der Waals surface area contributed by atoms with E-state index in [0.717, 1.165) is 38.5 Å². The van der Waals surface area contributed by atoms with E-state index in [1.54, 1.807) is 6.92 Å². The first-order chi connectivity index (χ1) is 13.3. The molecule has 1 fully saturated rings. The zero-order valence-electron chi connectivity index (χ0n) is 16.9. The third kappa shape index (κ3) is 7.21. The summed E-state index contributed by atoms with van der Waals surface area (Å²) >= 11 is 0. The van der Waals surface area contributed by atoms with Gasteiger partial charge in [0.05, 0.1) is 6.61 Å². The summed E-state index contributed by atoms with van der Waals surface area (Å²) in [6.45, 7) is 6.77. The quantitative estimate of drug-likeness (QED) is 0.530. The van der Waals surface area contributed by atoms with Crippen molar-refractivity contribution in [3.8, 4) is 0 Å². The first-order valence-corrected chi connectivity index (χ1v) is 9.87. The van der Waals surface area contributed by atoms with Crippen LogP contribution in [0.1, 0.15) is 58.1 Å². The lowest BCUT2D eigenvalue weighted by Crippen LogP contribution is -2.50. The Labute approximate surface area is 165 Å². The number of hydrogen-bond acceptors (Lipinski definition) is 5. The zero-order chi connectivity index (χ0) is 20.6. The molecule has 0 radical (unpaired) electrons. The van der Waals surface area contributed by atoms with Gasteiger partial charge in [0.25, 0.3) is 5.56 Å². The van der Waals surface area contributed by atoms with Gasteiger partial charge in [-0.3, -0.25) is 15.1 Å². The van der Waals surface area contributed by atoms with Crippen molar-refractivity contribution in [1.29, 1.82) is 0 Å². The number of nitrogens with zero attached hydrogens (tertiary/aromatic N) is 1. The van der Waals surface area contributed by atoms with E-state index in [2.05, 4.69) is 25.9 Å². The highest BCUT2D eigenvalue weighted by molar-refractivity contribution is 5.87. The van der Waals surface area contributed by atoms with Crippen LogP contribution in [-0.4, -0.2) is 40.8 Å². The van der Waals surface area contributed by atoms with Crippen LogP contribution in [-0.2, 0) is 4.74 Å². The van der Waals surface area contributed by atoms with Crippen LogP contribution in [0.15, 0.2) is 10.9 Å². The first kappa shape index (κ1) is 21.7. The molecule has 1 saturated carbocycles. The van der Waals surface area contributed by atoms with E-state index in [-0.39, 0.29) is 23.1 Å². The molecule has 0 bridgehead atoms. The minimum atomic E-state index is -0.396. The number of aromatic amines is 1. The number of rotatable bonds is 7. The lowest BCUT2D eigenvalue weighted by molar-refractivity contribution is 0.139. The van der Waals surface area contributed by atoms with Crippen LogP contribution >= 0.6 is 0 Å². The Morgan fingerprint density at radius 2 is 2.07 bits per heavy atom. The van der Waals surface area contributed by atoms with Gasteiger partial charge in [-0.2, -0.15) is 0 Å². The Balaban J connectivity index is 1.73. The highest BCUT2D eigenvalue weighted by Gasteiger charge is 2.32. The van der Waals surface area contributed by atoms with E-state index >= 15 is 0 Å². The van der Waals surface area contributed by atoms with Gasteiger partial charge < -0.3 is 15.4 Å². The topological polar surface area (TPSA) is 125 Å². The number of carbonyl (C=O) groups excluding carboxylic acids is 2. The highest BCUT2D eigenvalue weighted by atomic mass is 16.5. The normalized spacial score (nSPS) is 21.6. The Morgan fingerprint density at radius 1 is 1.36 bits per heavy atom. The summed E-state index contributed by atoms with van der Waals surface area (Å²) in [6, 6.07) is 0.964. The summed E-state index contributed by atoms with van der Waals surface area (Å²) in [6.07, 6.45) is 4.89. The molecule has 9 heteroatoms. The summed E-state index contributed by atoms with van der Waals surface area (Å²) in [7, 11) is 0. The van der Waals surface area contributed by atoms with Crippen LogP contribution < -0.4 is 21.5 Å². The van der Waals surface area contributed by atoms with E-state index in [1.165, 1.54) is 6.07 Å². The number of ether oxygens (including phenoxy) is 1. The van der Waals surface area contributed by atoms with Crippen molar-refractivity contribution in [3.05, 3.63) is 22.1 Å². The number of amides is 3. The fourth-order valence-corrected chi connectivity index (χ4v) is 3.28. The van der Waals surface area contributed by atoms with E-state index in [4.69, 9.17) is 4.74 Å². The molecule has 0 aliphatic heterocycles. The molecule has 2 rings (SSSR count). The van der Waals surface area contributed by atoms with E-state index in [1.807, 2.05) is 13.8 Å². The Morgan fingerprint density at radius 3 is 2.71 bits per heavy atom. The molecule has 0 unspecified atom stereocenters. The van der Waals surface area contributed by atoms with Crippen molar-refractivity contribution in [2.24, 2.45) is 5.92 Å². The maximum absolute atomic E-state index is 12.3. The lowest BCUT2D eigenvalue weighted by atomic mass is 9.77. The summed E-state index contributed by atoms with van der Waals surface area (Å²) in [5.41, 5.74) is -0.117. The van der Waals surface area contributed by atoms with Crippen molar-refractivity contribution in [2.45, 2.75) is 64.8 Å². The van der Waals surface area contributed by atoms with Gasteiger partial charge in [-0.25, -0.2) is 14.6 Å². The lowest BCUT2D eigenvalue weighted by Gasteiger charge is -2.38. The third-order valence-corrected chi connectivity index (χ3v) is 4.99. The van der Waals surface area contributed by atoms with E-state index < -0.39 is 6.03 Å². The second-order valence-electron chi connectivity index (χ2n) is 7.69. The molecule has 3 amide bonds. The van der Waals surface area contributed by atoms with E-state index in [0.29, 0.717) is 24.8 Å². The van der Waals surface area contributed by atoms with Gasteiger partial charge in [-0.05, 0) is 51.9 Å². The predicted octanol–water partition coefficient (Wildman–Crippen LogP) is 2.68. The van der Waals surface area contributed by atoms with Crippen molar-refractivity contribution in [2.75, 3.05) is 18.5 Å². The predicted molar refractivity (Wildman–Crippen MR) is 106 cm³/mol. The standard InChI is InChI=1S/C19H31N5O4/c1-4-5-10-28-18(27)20-12-14-6-8-19(3,9-7-14)24-17(26)23-16-21-13(2)11-15(25)22-16/h11,14H,4-10,12H2,1-3H3,(H,20,27)(H3,21,22,23,24,25,26). The average Bonchev–Trinajstić information content (AvgIpc) is 2.60. The molecule has 4 N–H and O–H groups in total. The molecular weight excluding hydrogens is 362 g/mol. The molecule has 9 nitrogen and oxygen atoms in total. The fraction of sp³-hybridized carbons (Fsp3) is 0.684. The van der Waals surface area contributed by atoms with Crippen LogP contribution in [0.4, 0.5) is 15.5 Å². The van der Waals surface area contributed by atoms with Gasteiger partial charge in [0.15, 0.2) is 0 Å². The molecule has 1 aromatic rings. The van der Waals surface area contributed by atoms with Crippen molar-refractivity contribution < 1.29 is 14.3 Å². The smallest absolute Gasteiger partial charge is 0.407 e. The molecule has 0 aromatic carbocycles. The van der Waals surface area contributed by atoms with Crippen LogP contribution in [0.5, 0.6) is 0 Å². The molecule has 1 aromatic heterocycles. The van der Waals surface area contributed by atoms with Gasteiger partial charge in [0, 0.05) is 23.8 Å². The van der Waals surface area contributed by atoms with Crippen LogP contribution in [0.3, 0.4) is 0 Å². The van der Waals surface area contributed by atoms with Gasteiger partial charge in [-0.1, -0.05) is 13.3 Å². The summed E-state index contributed by atoms with van der Waals surface area (Å²) < 4.78 is 5.09. The second-order valence-corrected chi connectivity index (χ2v) is 7.69. The molecule has 0 spiro atoms. The first-order valence-electron chi connectivity index (χ1n) is 9.87. The van der Waals surface area contributed by atoms with E-state index in [9.17, 15) is 14.4 Å². The number of aromatic nitrogens is 2. The average molecular weight is 393 g/mol. The number of hydrogen-bond donors (Lipinski definition) is 4. The van der Waals surface area contributed by atoms with Gasteiger partial charge in [0.1, 0.15) is 0 Å². The maximum atomic E-state index is 12.3. The number of aryl methyl sites for hydroxylation is 1. The maximum Gasteiger partial charge on any atom is 0.407 e. The Kier molecular flexibility index (Phi) is 7.83. The molecule has 0 atom stereocenters. The number of anilines is 1. The van der Waals surface area contributed by atoms with Gasteiger partial charge in [-0.15, -0.1) is 0 Å². The minimum Gasteiger partial charge on any atom is -0.450 e. The number of unbranched alkanes of at least 4 members (excludes halogenated alkanes) is 1.